The normalized spacial score (nSPS) is 33.4. The summed E-state index contributed by atoms with van der Waals surface area (Å²) >= 11 is 0. The van der Waals surface area contributed by atoms with Gasteiger partial charge >= 0.3 is 0 Å². The van der Waals surface area contributed by atoms with Gasteiger partial charge in [0, 0.05) is 18.1 Å². The van der Waals surface area contributed by atoms with Gasteiger partial charge in [-0.25, -0.2) is 0 Å². The summed E-state index contributed by atoms with van der Waals surface area (Å²) < 4.78 is 0. The molecule has 1 saturated carbocycles. The van der Waals surface area contributed by atoms with Crippen LogP contribution in [0.4, 0.5) is 0 Å². The third-order valence-electron chi connectivity index (χ3n) is 4.07. The molecule has 0 aromatic rings. The van der Waals surface area contributed by atoms with E-state index in [2.05, 4.69) is 17.1 Å². The van der Waals surface area contributed by atoms with Gasteiger partial charge in [0.15, 0.2) is 0 Å². The topological polar surface area (TPSA) is 41.3 Å². The molecule has 0 aromatic heterocycles. The van der Waals surface area contributed by atoms with Gasteiger partial charge in [-0.1, -0.05) is 6.92 Å². The number of likely N-dealkylation sites (tertiary alicyclic amines) is 1. The second-order valence-corrected chi connectivity index (χ2v) is 5.55. The zero-order valence-electron chi connectivity index (χ0n) is 10.6. The Bertz CT molecular complexity index is 199. The highest BCUT2D eigenvalue weighted by atomic mass is 15.1. The van der Waals surface area contributed by atoms with Crippen molar-refractivity contribution in [3.8, 4) is 0 Å². The molecule has 1 aliphatic carbocycles. The van der Waals surface area contributed by atoms with Crippen LogP contribution in [-0.2, 0) is 0 Å². The van der Waals surface area contributed by atoms with Crippen molar-refractivity contribution < 1.29 is 0 Å². The summed E-state index contributed by atoms with van der Waals surface area (Å²) in [4.78, 5) is 2.60. The Balaban J connectivity index is 1.65. The highest BCUT2D eigenvalue weighted by molar-refractivity contribution is 4.87. The van der Waals surface area contributed by atoms with E-state index in [0.717, 1.165) is 6.04 Å². The molecule has 2 atom stereocenters. The number of hydrogen-bond donors (Lipinski definition) is 2. The maximum atomic E-state index is 5.94. The van der Waals surface area contributed by atoms with Gasteiger partial charge in [0.05, 0.1) is 0 Å². The number of piperidine rings is 1. The second-order valence-electron chi connectivity index (χ2n) is 5.55. The van der Waals surface area contributed by atoms with Gasteiger partial charge in [-0.05, 0) is 58.2 Å². The Labute approximate surface area is 99.8 Å². The van der Waals surface area contributed by atoms with Crippen molar-refractivity contribution in [1.82, 2.24) is 10.2 Å². The first kappa shape index (κ1) is 12.3. The Morgan fingerprint density at radius 2 is 1.88 bits per heavy atom. The maximum Gasteiger partial charge on any atom is 0.00940 e. The molecule has 3 N–H and O–H groups in total. The van der Waals surface area contributed by atoms with E-state index in [4.69, 9.17) is 5.73 Å². The van der Waals surface area contributed by atoms with Crippen molar-refractivity contribution in [1.29, 1.82) is 0 Å². The van der Waals surface area contributed by atoms with E-state index in [1.165, 1.54) is 58.2 Å². The number of nitrogens with zero attached hydrogens (tertiary/aromatic N) is 1. The van der Waals surface area contributed by atoms with Crippen molar-refractivity contribution in [3.05, 3.63) is 0 Å². The molecule has 1 saturated heterocycles. The zero-order valence-corrected chi connectivity index (χ0v) is 10.6. The van der Waals surface area contributed by atoms with Gasteiger partial charge in [-0.15, -0.1) is 0 Å². The van der Waals surface area contributed by atoms with Gasteiger partial charge < -0.3 is 16.0 Å². The highest BCUT2D eigenvalue weighted by Crippen LogP contribution is 2.20. The maximum absolute atomic E-state index is 5.94. The fourth-order valence-electron chi connectivity index (χ4n) is 3.14. The van der Waals surface area contributed by atoms with Crippen LogP contribution in [0.2, 0.25) is 0 Å². The molecule has 16 heavy (non-hydrogen) atoms. The van der Waals surface area contributed by atoms with Crippen molar-refractivity contribution in [2.45, 2.75) is 63.6 Å². The van der Waals surface area contributed by atoms with E-state index < -0.39 is 0 Å². The number of nitrogens with one attached hydrogen (secondary N) is 1. The molecule has 2 aliphatic rings. The fourth-order valence-corrected chi connectivity index (χ4v) is 3.14. The average molecular weight is 225 g/mol. The lowest BCUT2D eigenvalue weighted by Crippen LogP contribution is -2.45. The van der Waals surface area contributed by atoms with Crippen LogP contribution < -0.4 is 11.1 Å². The summed E-state index contributed by atoms with van der Waals surface area (Å²) in [7, 11) is 0. The Morgan fingerprint density at radius 3 is 2.44 bits per heavy atom. The van der Waals surface area contributed by atoms with Crippen molar-refractivity contribution >= 4 is 0 Å². The van der Waals surface area contributed by atoms with Gasteiger partial charge in [0.1, 0.15) is 0 Å². The van der Waals surface area contributed by atoms with Crippen LogP contribution in [0.5, 0.6) is 0 Å². The molecular formula is C13H27N3. The molecule has 0 amide bonds. The molecule has 2 unspecified atom stereocenters. The lowest BCUT2D eigenvalue weighted by Gasteiger charge is -2.33. The standard InChI is InChI=1S/C13H27N3/c1-2-7-16-8-5-12(6-9-16)15-13-4-3-11(14)10-13/h11-13,15H,2-10,14H2,1H3. The summed E-state index contributed by atoms with van der Waals surface area (Å²) in [5.41, 5.74) is 5.94. The zero-order chi connectivity index (χ0) is 11.4. The fraction of sp³-hybridized carbons (Fsp3) is 1.00. The first-order valence-corrected chi connectivity index (χ1v) is 7.02. The highest BCUT2D eigenvalue weighted by Gasteiger charge is 2.25. The van der Waals surface area contributed by atoms with Crippen LogP contribution in [0.15, 0.2) is 0 Å². The lowest BCUT2D eigenvalue weighted by atomic mass is 10.0. The molecule has 2 fully saturated rings. The molecule has 3 heteroatoms. The van der Waals surface area contributed by atoms with Crippen LogP contribution in [-0.4, -0.2) is 42.7 Å². The van der Waals surface area contributed by atoms with E-state index in [1.54, 1.807) is 0 Å². The lowest BCUT2D eigenvalue weighted by molar-refractivity contribution is 0.191. The van der Waals surface area contributed by atoms with Gasteiger partial charge in [0.2, 0.25) is 0 Å². The molecule has 1 heterocycles. The summed E-state index contributed by atoms with van der Waals surface area (Å²) in [6, 6.07) is 1.92. The summed E-state index contributed by atoms with van der Waals surface area (Å²) in [6.07, 6.45) is 7.63. The van der Waals surface area contributed by atoms with Crippen LogP contribution in [0, 0.1) is 0 Å². The average Bonchev–Trinajstić information content (AvgIpc) is 2.67. The summed E-state index contributed by atoms with van der Waals surface area (Å²) in [6.45, 7) is 6.11. The molecule has 0 aromatic carbocycles. The van der Waals surface area contributed by atoms with Crippen LogP contribution in [0.3, 0.4) is 0 Å². The van der Waals surface area contributed by atoms with E-state index in [-0.39, 0.29) is 0 Å². The minimum atomic E-state index is 0.456. The summed E-state index contributed by atoms with van der Waals surface area (Å²) in [5, 5.41) is 3.80. The van der Waals surface area contributed by atoms with Gasteiger partial charge in [-0.2, -0.15) is 0 Å². The molecule has 1 aliphatic heterocycles. The Kier molecular flexibility index (Phi) is 4.62. The van der Waals surface area contributed by atoms with Crippen molar-refractivity contribution in [2.75, 3.05) is 19.6 Å². The molecular weight excluding hydrogens is 198 g/mol. The van der Waals surface area contributed by atoms with E-state index >= 15 is 0 Å². The molecule has 0 radical (unpaired) electrons. The predicted molar refractivity (Wildman–Crippen MR) is 68.5 cm³/mol. The minimum absolute atomic E-state index is 0.456. The monoisotopic (exact) mass is 225 g/mol. The quantitative estimate of drug-likeness (QED) is 0.758. The molecule has 0 spiro atoms. The third-order valence-corrected chi connectivity index (χ3v) is 4.07. The largest absolute Gasteiger partial charge is 0.328 e. The predicted octanol–water partition coefficient (Wildman–Crippen LogP) is 1.33. The Morgan fingerprint density at radius 1 is 1.12 bits per heavy atom. The molecule has 3 nitrogen and oxygen atoms in total. The second kappa shape index (κ2) is 5.99. The van der Waals surface area contributed by atoms with Crippen LogP contribution in [0.25, 0.3) is 0 Å². The first-order valence-electron chi connectivity index (χ1n) is 7.02. The van der Waals surface area contributed by atoms with Crippen molar-refractivity contribution in [2.24, 2.45) is 5.73 Å². The number of nitrogens with two attached hydrogens (primary N) is 1. The Hall–Kier alpha value is -0.120. The van der Waals surface area contributed by atoms with Crippen LogP contribution >= 0.6 is 0 Å². The smallest absolute Gasteiger partial charge is 0.00940 e. The minimum Gasteiger partial charge on any atom is -0.328 e. The molecule has 94 valence electrons. The number of hydrogen-bond acceptors (Lipinski definition) is 3. The number of rotatable bonds is 4. The van der Waals surface area contributed by atoms with E-state index in [0.29, 0.717) is 12.1 Å². The van der Waals surface area contributed by atoms with Gasteiger partial charge in [-0.3, -0.25) is 0 Å². The summed E-state index contributed by atoms with van der Waals surface area (Å²) in [5.74, 6) is 0. The SMILES string of the molecule is CCCN1CCC(NC2CCC(N)C2)CC1. The van der Waals surface area contributed by atoms with E-state index in [9.17, 15) is 0 Å². The van der Waals surface area contributed by atoms with Gasteiger partial charge in [0.25, 0.3) is 0 Å². The van der Waals surface area contributed by atoms with Crippen molar-refractivity contribution in [3.63, 3.8) is 0 Å². The first-order chi connectivity index (χ1) is 7.78. The molecule has 0 bridgehead atoms. The molecule has 2 rings (SSSR count). The van der Waals surface area contributed by atoms with E-state index in [1.807, 2.05) is 0 Å². The van der Waals surface area contributed by atoms with Crippen LogP contribution in [0.1, 0.15) is 45.4 Å². The third kappa shape index (κ3) is 3.44.